The van der Waals surface area contributed by atoms with E-state index >= 15 is 0 Å². The number of ether oxygens (including phenoxy) is 1. The normalized spacial score (nSPS) is 9.88. The second-order valence-corrected chi connectivity index (χ2v) is 3.72. The van der Waals surface area contributed by atoms with Crippen LogP contribution >= 0.6 is 7.82 Å². The second-order valence-electron chi connectivity index (χ2n) is 2.49. The van der Waals surface area contributed by atoms with Crippen LogP contribution in [0.25, 0.3) is 0 Å². The summed E-state index contributed by atoms with van der Waals surface area (Å²) in [5.41, 5.74) is 0. The van der Waals surface area contributed by atoms with Gasteiger partial charge in [-0.25, -0.2) is 4.57 Å². The smallest absolute Gasteiger partial charge is 0.469 e. The molecule has 0 saturated carbocycles. The molecular weight excluding hydrogens is 285 g/mol. The Balaban J connectivity index is 0. The maximum Gasteiger partial charge on any atom is 0.469 e. The molecule has 0 saturated heterocycles. The van der Waals surface area contributed by atoms with Gasteiger partial charge in [0.15, 0.2) is 0 Å². The zero-order chi connectivity index (χ0) is 10.4. The minimum Gasteiger partial charge on any atom is -0.491 e. The predicted molar refractivity (Wildman–Crippen MR) is 61.4 cm³/mol. The van der Waals surface area contributed by atoms with Crippen LogP contribution in [-0.2, 0) is 9.09 Å². The summed E-state index contributed by atoms with van der Waals surface area (Å²) >= 11 is 0. The van der Waals surface area contributed by atoms with Crippen molar-refractivity contribution in [1.82, 2.24) is 0 Å². The second kappa shape index (κ2) is 11.2. The van der Waals surface area contributed by atoms with Crippen molar-refractivity contribution in [3.8, 4) is 5.75 Å². The number of hydrogen-bond acceptors (Lipinski definition) is 3. The van der Waals surface area contributed by atoms with Crippen LogP contribution in [0.15, 0.2) is 30.3 Å². The van der Waals surface area contributed by atoms with Crippen molar-refractivity contribution in [2.45, 2.75) is 0 Å². The Kier molecular flexibility index (Phi) is 14.6. The van der Waals surface area contributed by atoms with Gasteiger partial charge in [0.1, 0.15) is 12.4 Å². The van der Waals surface area contributed by atoms with Crippen LogP contribution in [-0.4, -0.2) is 126 Å². The van der Waals surface area contributed by atoms with Crippen molar-refractivity contribution in [2.75, 3.05) is 13.2 Å². The maximum absolute atomic E-state index is 10.3. The molecule has 0 amide bonds. The summed E-state index contributed by atoms with van der Waals surface area (Å²) in [4.78, 5) is 16.7. The van der Waals surface area contributed by atoms with E-state index in [1.807, 2.05) is 6.07 Å². The minimum atomic E-state index is -4.37. The van der Waals surface area contributed by atoms with Gasteiger partial charge in [0.05, 0.1) is 6.61 Å². The molecule has 0 aliphatic heterocycles. The van der Waals surface area contributed by atoms with Crippen molar-refractivity contribution in [1.29, 1.82) is 0 Å². The fraction of sp³-hybridized carbons (Fsp3) is 0.250. The van der Waals surface area contributed by atoms with Crippen LogP contribution in [0.1, 0.15) is 0 Å². The number of phosphoric acid groups is 1. The average molecular weight is 296 g/mol. The fourth-order valence-corrected chi connectivity index (χ4v) is 1.14. The monoisotopic (exact) mass is 296 g/mol. The van der Waals surface area contributed by atoms with E-state index in [2.05, 4.69) is 4.52 Å². The van der Waals surface area contributed by atoms with Crippen molar-refractivity contribution < 1.29 is 23.6 Å². The van der Waals surface area contributed by atoms with Gasteiger partial charge in [-0.15, -0.1) is 0 Å². The van der Waals surface area contributed by atoms with Gasteiger partial charge in [0.2, 0.25) is 0 Å². The quantitative estimate of drug-likeness (QED) is 0.468. The average Bonchev–Trinajstić information content (AvgIpc) is 2.13. The van der Waals surface area contributed by atoms with E-state index in [0.717, 1.165) is 0 Å². The SMILES string of the molecule is O=P(O)(O)OCCOc1ccccc1.[K].[K]. The summed E-state index contributed by atoms with van der Waals surface area (Å²) in [6, 6.07) is 8.95. The summed E-state index contributed by atoms with van der Waals surface area (Å²) < 4.78 is 19.6. The molecule has 2 radical (unpaired) electrons. The number of benzene rings is 1. The molecule has 0 atom stereocenters. The standard InChI is InChI=1S/C8H11O5P.2K/c9-14(10,11)13-7-6-12-8-4-2-1-3-5-8;;/h1-5H,6-7H2,(H2,9,10,11);;. The Morgan fingerprint density at radius 1 is 1.06 bits per heavy atom. The predicted octanol–water partition coefficient (Wildman–Crippen LogP) is 0.413. The van der Waals surface area contributed by atoms with Gasteiger partial charge < -0.3 is 14.5 Å². The summed E-state index contributed by atoms with van der Waals surface area (Å²) in [6.07, 6.45) is 0. The Morgan fingerprint density at radius 2 is 1.62 bits per heavy atom. The number of para-hydroxylation sites is 1. The third-order valence-corrected chi connectivity index (χ3v) is 1.87. The van der Waals surface area contributed by atoms with E-state index in [1.165, 1.54) is 0 Å². The number of phosphoric ester groups is 1. The minimum absolute atomic E-state index is 0. The van der Waals surface area contributed by atoms with Gasteiger partial charge in [-0.2, -0.15) is 0 Å². The molecule has 1 rings (SSSR count). The molecule has 0 aliphatic carbocycles. The molecule has 0 fully saturated rings. The topological polar surface area (TPSA) is 76.0 Å². The molecule has 1 aromatic carbocycles. The van der Waals surface area contributed by atoms with Crippen LogP contribution in [0, 0.1) is 0 Å². The molecule has 80 valence electrons. The molecule has 0 aliphatic rings. The van der Waals surface area contributed by atoms with Crippen molar-refractivity contribution in [3.63, 3.8) is 0 Å². The van der Waals surface area contributed by atoms with Crippen molar-refractivity contribution in [3.05, 3.63) is 30.3 Å². The van der Waals surface area contributed by atoms with Crippen molar-refractivity contribution >= 4 is 111 Å². The van der Waals surface area contributed by atoms with E-state index in [1.54, 1.807) is 24.3 Å². The van der Waals surface area contributed by atoms with Gasteiger partial charge in [-0.3, -0.25) is 4.52 Å². The van der Waals surface area contributed by atoms with Crippen LogP contribution in [0.5, 0.6) is 5.75 Å². The van der Waals surface area contributed by atoms with Gasteiger partial charge in [0.25, 0.3) is 0 Å². The molecule has 0 bridgehead atoms. The van der Waals surface area contributed by atoms with Crippen LogP contribution in [0.3, 0.4) is 0 Å². The molecule has 0 spiro atoms. The first-order valence-corrected chi connectivity index (χ1v) is 5.49. The zero-order valence-corrected chi connectivity index (χ0v) is 16.5. The maximum atomic E-state index is 10.3. The van der Waals surface area contributed by atoms with Gasteiger partial charge in [-0.05, 0) is 12.1 Å². The third kappa shape index (κ3) is 11.5. The molecule has 0 aromatic heterocycles. The van der Waals surface area contributed by atoms with E-state index < -0.39 is 7.82 Å². The summed E-state index contributed by atoms with van der Waals surface area (Å²) in [5.74, 6) is 0.641. The molecule has 0 unspecified atom stereocenters. The summed E-state index contributed by atoms with van der Waals surface area (Å²) in [7, 11) is -4.37. The van der Waals surface area contributed by atoms with Gasteiger partial charge in [0, 0.05) is 103 Å². The molecule has 2 N–H and O–H groups in total. The Hall–Kier alpha value is 2.40. The fourth-order valence-electron chi connectivity index (χ4n) is 0.832. The molecule has 8 heteroatoms. The first-order chi connectivity index (χ1) is 6.58. The van der Waals surface area contributed by atoms with E-state index in [-0.39, 0.29) is 116 Å². The van der Waals surface area contributed by atoms with Crippen LogP contribution < -0.4 is 4.74 Å². The van der Waals surface area contributed by atoms with Crippen LogP contribution in [0.2, 0.25) is 0 Å². The van der Waals surface area contributed by atoms with Crippen LogP contribution in [0.4, 0.5) is 0 Å². The van der Waals surface area contributed by atoms with E-state index in [9.17, 15) is 4.57 Å². The molecule has 5 nitrogen and oxygen atoms in total. The van der Waals surface area contributed by atoms with Gasteiger partial charge in [-0.1, -0.05) is 18.2 Å². The largest absolute Gasteiger partial charge is 0.491 e. The number of hydrogen-bond donors (Lipinski definition) is 2. The van der Waals surface area contributed by atoms with Crippen molar-refractivity contribution in [2.24, 2.45) is 0 Å². The summed E-state index contributed by atoms with van der Waals surface area (Å²) in [6.45, 7) is -0.0334. The van der Waals surface area contributed by atoms with Gasteiger partial charge >= 0.3 is 7.82 Å². The Bertz CT molecular complexity index is 315. The molecule has 16 heavy (non-hydrogen) atoms. The third-order valence-electron chi connectivity index (χ3n) is 1.35. The Morgan fingerprint density at radius 3 is 2.12 bits per heavy atom. The molecule has 0 heterocycles. The first-order valence-electron chi connectivity index (χ1n) is 3.96. The zero-order valence-electron chi connectivity index (χ0n) is 9.37. The molecular formula is C8H11K2O5P. The Labute approximate surface area is 179 Å². The summed E-state index contributed by atoms with van der Waals surface area (Å²) in [5, 5.41) is 0. The first kappa shape index (κ1) is 20.7. The van der Waals surface area contributed by atoms with E-state index in [4.69, 9.17) is 14.5 Å². The van der Waals surface area contributed by atoms with E-state index in [0.29, 0.717) is 5.75 Å². The number of rotatable bonds is 5. The molecule has 1 aromatic rings.